The lowest BCUT2D eigenvalue weighted by Gasteiger charge is -2.28. The smallest absolute Gasteiger partial charge is 0.255 e. The first-order chi connectivity index (χ1) is 15.0. The highest BCUT2D eigenvalue weighted by atomic mass is 16.5. The first-order valence-electron chi connectivity index (χ1n) is 9.96. The zero-order valence-corrected chi connectivity index (χ0v) is 17.8. The van der Waals surface area contributed by atoms with Crippen molar-refractivity contribution in [3.8, 4) is 11.5 Å². The van der Waals surface area contributed by atoms with Crippen molar-refractivity contribution in [2.45, 2.75) is 26.8 Å². The van der Waals surface area contributed by atoms with Crippen molar-refractivity contribution in [2.24, 2.45) is 0 Å². The van der Waals surface area contributed by atoms with E-state index in [1.54, 1.807) is 11.8 Å². The fraction of sp³-hybridized carbons (Fsp3) is 0.273. The highest BCUT2D eigenvalue weighted by molar-refractivity contribution is 6.06. The molecule has 0 fully saturated rings. The van der Waals surface area contributed by atoms with Crippen LogP contribution in [0, 0.1) is 6.92 Å². The molecule has 2 N–H and O–H groups in total. The third-order valence-corrected chi connectivity index (χ3v) is 5.16. The molecule has 3 aromatic rings. The van der Waals surface area contributed by atoms with Crippen molar-refractivity contribution >= 4 is 17.5 Å². The van der Waals surface area contributed by atoms with E-state index in [2.05, 4.69) is 26.2 Å². The number of methoxy groups -OCH3 is 1. The van der Waals surface area contributed by atoms with Gasteiger partial charge in [0.2, 0.25) is 5.95 Å². The van der Waals surface area contributed by atoms with Crippen LogP contribution in [0.1, 0.15) is 31.0 Å². The lowest BCUT2D eigenvalue weighted by molar-refractivity contribution is -0.113. The second-order valence-corrected chi connectivity index (χ2v) is 7.13. The zero-order valence-electron chi connectivity index (χ0n) is 17.8. The van der Waals surface area contributed by atoms with E-state index < -0.39 is 6.04 Å². The van der Waals surface area contributed by atoms with E-state index >= 15 is 0 Å². The molecule has 0 bridgehead atoms. The number of allylic oxidation sites excluding steroid dienone is 1. The van der Waals surface area contributed by atoms with Crippen molar-refractivity contribution in [1.82, 2.24) is 20.2 Å². The minimum atomic E-state index is -0.542. The molecule has 0 spiro atoms. The topological polar surface area (TPSA) is 103 Å². The average molecular weight is 420 g/mol. The minimum absolute atomic E-state index is 0.238. The highest BCUT2D eigenvalue weighted by Gasteiger charge is 2.34. The van der Waals surface area contributed by atoms with E-state index in [-0.39, 0.29) is 5.91 Å². The largest absolute Gasteiger partial charge is 0.493 e. The number of amides is 1. The number of fused-ring (bicyclic) bond motifs is 1. The monoisotopic (exact) mass is 420 g/mol. The molecule has 0 saturated heterocycles. The van der Waals surface area contributed by atoms with E-state index in [1.807, 2.05) is 63.2 Å². The van der Waals surface area contributed by atoms with Gasteiger partial charge in [0.05, 0.1) is 19.3 Å². The molecule has 160 valence electrons. The molecule has 31 heavy (non-hydrogen) atoms. The minimum Gasteiger partial charge on any atom is -0.493 e. The lowest BCUT2D eigenvalue weighted by atomic mass is 9.94. The van der Waals surface area contributed by atoms with Crippen molar-refractivity contribution < 1.29 is 14.3 Å². The molecule has 1 amide bonds. The second-order valence-electron chi connectivity index (χ2n) is 7.13. The second kappa shape index (κ2) is 8.47. The van der Waals surface area contributed by atoms with Crippen molar-refractivity contribution in [3.05, 3.63) is 64.9 Å². The number of anilines is 2. The van der Waals surface area contributed by atoms with Gasteiger partial charge >= 0.3 is 0 Å². The standard InChI is InChI=1S/C22H24N6O3/c1-5-31-17-11-10-15(12-18(17)30-4)20-19(14(3)23-22-25-26-27-28(20)22)21(29)24-16-9-7-6-8-13(16)2/h6-12,20H,5H2,1-4H3,(H,24,29)(H,23,25,27). The number of nitrogens with one attached hydrogen (secondary N) is 2. The van der Waals surface area contributed by atoms with Gasteiger partial charge in [0.1, 0.15) is 6.04 Å². The molecule has 2 aromatic carbocycles. The van der Waals surface area contributed by atoms with E-state index in [4.69, 9.17) is 9.47 Å². The summed E-state index contributed by atoms with van der Waals surface area (Å²) in [5.41, 5.74) is 3.70. The Morgan fingerprint density at radius 2 is 2.00 bits per heavy atom. The molecule has 4 rings (SSSR count). The maximum atomic E-state index is 13.4. The Morgan fingerprint density at radius 1 is 1.19 bits per heavy atom. The van der Waals surface area contributed by atoms with Crippen molar-refractivity contribution in [2.75, 3.05) is 24.4 Å². The van der Waals surface area contributed by atoms with Gasteiger partial charge in [-0.1, -0.05) is 29.4 Å². The van der Waals surface area contributed by atoms with Gasteiger partial charge in [-0.3, -0.25) is 4.79 Å². The van der Waals surface area contributed by atoms with E-state index in [0.717, 1.165) is 16.8 Å². The van der Waals surface area contributed by atoms with Crippen LogP contribution in [0.2, 0.25) is 0 Å². The molecule has 1 aliphatic heterocycles. The number of hydrogen-bond acceptors (Lipinski definition) is 7. The van der Waals surface area contributed by atoms with Crippen LogP contribution in [0.5, 0.6) is 11.5 Å². The van der Waals surface area contributed by atoms with Crippen LogP contribution in [0.4, 0.5) is 11.6 Å². The molecule has 0 aliphatic carbocycles. The number of para-hydroxylation sites is 1. The van der Waals surface area contributed by atoms with Crippen molar-refractivity contribution in [1.29, 1.82) is 0 Å². The fourth-order valence-corrected chi connectivity index (χ4v) is 3.65. The zero-order chi connectivity index (χ0) is 22.0. The summed E-state index contributed by atoms with van der Waals surface area (Å²) in [4.78, 5) is 13.4. The Morgan fingerprint density at radius 3 is 2.74 bits per heavy atom. The first-order valence-corrected chi connectivity index (χ1v) is 9.96. The predicted octanol–water partition coefficient (Wildman–Crippen LogP) is 3.32. The molecular formula is C22H24N6O3. The van der Waals surface area contributed by atoms with Gasteiger partial charge < -0.3 is 20.1 Å². The maximum absolute atomic E-state index is 13.4. The number of tetrazole rings is 1. The normalized spacial score (nSPS) is 15.2. The Bertz CT molecular complexity index is 1150. The number of hydrogen-bond donors (Lipinski definition) is 2. The molecule has 1 atom stereocenters. The molecule has 1 aliphatic rings. The van der Waals surface area contributed by atoms with Crippen LogP contribution in [-0.4, -0.2) is 39.8 Å². The summed E-state index contributed by atoms with van der Waals surface area (Å²) in [5.74, 6) is 1.43. The summed E-state index contributed by atoms with van der Waals surface area (Å²) >= 11 is 0. The van der Waals surface area contributed by atoms with Crippen LogP contribution in [-0.2, 0) is 4.79 Å². The third-order valence-electron chi connectivity index (χ3n) is 5.16. The molecule has 0 saturated carbocycles. The van der Waals surface area contributed by atoms with Crippen LogP contribution in [0.15, 0.2) is 53.7 Å². The molecule has 2 heterocycles. The van der Waals surface area contributed by atoms with E-state index in [9.17, 15) is 4.79 Å². The average Bonchev–Trinajstić information content (AvgIpc) is 3.23. The Labute approximate surface area is 180 Å². The number of rotatable bonds is 6. The molecule has 0 radical (unpaired) electrons. The number of aromatic nitrogens is 4. The number of benzene rings is 2. The van der Waals surface area contributed by atoms with Gasteiger partial charge in [-0.15, -0.1) is 0 Å². The number of ether oxygens (including phenoxy) is 2. The molecule has 1 unspecified atom stereocenters. The van der Waals surface area contributed by atoms with E-state index in [1.165, 1.54) is 0 Å². The highest BCUT2D eigenvalue weighted by Crippen LogP contribution is 2.38. The van der Waals surface area contributed by atoms with Crippen LogP contribution in [0.3, 0.4) is 0 Å². The Hall–Kier alpha value is -3.88. The Balaban J connectivity index is 1.78. The number of carbonyl (C=O) groups excluding carboxylic acids is 1. The third kappa shape index (κ3) is 3.81. The summed E-state index contributed by atoms with van der Waals surface area (Å²) in [6.07, 6.45) is 0. The van der Waals surface area contributed by atoms with Gasteiger partial charge in [-0.25, -0.2) is 0 Å². The summed E-state index contributed by atoms with van der Waals surface area (Å²) in [6, 6.07) is 12.7. The summed E-state index contributed by atoms with van der Waals surface area (Å²) in [7, 11) is 1.58. The summed E-state index contributed by atoms with van der Waals surface area (Å²) in [6.45, 7) is 6.21. The summed E-state index contributed by atoms with van der Waals surface area (Å²) in [5, 5.41) is 18.1. The quantitative estimate of drug-likeness (QED) is 0.630. The summed E-state index contributed by atoms with van der Waals surface area (Å²) < 4.78 is 12.7. The van der Waals surface area contributed by atoms with Gasteiger partial charge in [-0.2, -0.15) is 4.68 Å². The van der Waals surface area contributed by atoms with E-state index in [0.29, 0.717) is 35.3 Å². The molecule has 9 heteroatoms. The van der Waals surface area contributed by atoms with Crippen LogP contribution in [0.25, 0.3) is 0 Å². The fourth-order valence-electron chi connectivity index (χ4n) is 3.65. The Kier molecular flexibility index (Phi) is 5.57. The SMILES string of the molecule is CCOc1ccc(C2C(C(=O)Nc3ccccc3C)=C(C)Nc3nnnn32)cc1OC. The van der Waals surface area contributed by atoms with Crippen LogP contribution < -0.4 is 20.1 Å². The first kappa shape index (κ1) is 20.4. The maximum Gasteiger partial charge on any atom is 0.255 e. The van der Waals surface area contributed by atoms with Crippen molar-refractivity contribution in [3.63, 3.8) is 0 Å². The van der Waals surface area contributed by atoms with Crippen LogP contribution >= 0.6 is 0 Å². The number of nitrogens with zero attached hydrogens (tertiary/aromatic N) is 4. The van der Waals surface area contributed by atoms with Gasteiger partial charge in [0, 0.05) is 11.4 Å². The van der Waals surface area contributed by atoms with Gasteiger partial charge in [0.15, 0.2) is 11.5 Å². The number of carbonyl (C=O) groups is 1. The van der Waals surface area contributed by atoms with Gasteiger partial charge in [-0.05, 0) is 60.5 Å². The predicted molar refractivity (Wildman–Crippen MR) is 116 cm³/mol. The lowest BCUT2D eigenvalue weighted by Crippen LogP contribution is -2.31. The van der Waals surface area contributed by atoms with Gasteiger partial charge in [0.25, 0.3) is 5.91 Å². The molecular weight excluding hydrogens is 396 g/mol. The number of aryl methyl sites for hydroxylation is 1. The molecule has 9 nitrogen and oxygen atoms in total. The molecule has 1 aromatic heterocycles.